The Morgan fingerprint density at radius 1 is 1.10 bits per heavy atom. The first-order valence-electron chi connectivity index (χ1n) is 7.27. The minimum Gasteiger partial charge on any atom is -0.342 e. The van der Waals surface area contributed by atoms with Crippen LogP contribution >= 0.6 is 0 Å². The van der Waals surface area contributed by atoms with E-state index in [-0.39, 0.29) is 17.4 Å². The summed E-state index contributed by atoms with van der Waals surface area (Å²) in [6, 6.07) is 9.51. The first-order chi connectivity index (χ1) is 10.1. The molecule has 0 N–H and O–H groups in total. The monoisotopic (exact) mass is 307 g/mol. The van der Waals surface area contributed by atoms with Gasteiger partial charge in [0.25, 0.3) is 0 Å². The molecule has 0 atom stereocenters. The van der Waals surface area contributed by atoms with Gasteiger partial charge in [-0.15, -0.1) is 0 Å². The average Bonchev–Trinajstić information content (AvgIpc) is 2.48. The number of nitrogens with zero attached hydrogens (tertiary/aromatic N) is 1. The van der Waals surface area contributed by atoms with Gasteiger partial charge in [-0.1, -0.05) is 42.5 Å². The summed E-state index contributed by atoms with van der Waals surface area (Å²) < 4.78 is 24.0. The summed E-state index contributed by atoms with van der Waals surface area (Å²) in [7, 11) is -3.38. The minimum atomic E-state index is -3.38. The number of benzene rings is 1. The Kier molecular flexibility index (Phi) is 5.56. The summed E-state index contributed by atoms with van der Waals surface area (Å²) in [4.78, 5) is 13.6. The fourth-order valence-electron chi connectivity index (χ4n) is 2.38. The van der Waals surface area contributed by atoms with E-state index in [1.807, 2.05) is 30.3 Å². The van der Waals surface area contributed by atoms with Crippen LogP contribution in [0.2, 0.25) is 0 Å². The van der Waals surface area contributed by atoms with Crippen molar-refractivity contribution >= 4 is 21.8 Å². The van der Waals surface area contributed by atoms with Gasteiger partial charge >= 0.3 is 0 Å². The van der Waals surface area contributed by atoms with E-state index in [0.717, 1.165) is 24.8 Å². The Balaban J connectivity index is 1.86. The second-order valence-corrected chi connectivity index (χ2v) is 7.42. The smallest absolute Gasteiger partial charge is 0.237 e. The maximum absolute atomic E-state index is 12.0. The van der Waals surface area contributed by atoms with Crippen LogP contribution in [0, 0.1) is 0 Å². The first kappa shape index (κ1) is 15.8. The fraction of sp³-hybridized carbons (Fsp3) is 0.438. The highest BCUT2D eigenvalue weighted by atomic mass is 32.2. The highest BCUT2D eigenvalue weighted by Crippen LogP contribution is 2.10. The molecule has 0 spiro atoms. The molecule has 21 heavy (non-hydrogen) atoms. The molecular formula is C16H21NO3S. The molecule has 5 heteroatoms. The van der Waals surface area contributed by atoms with Gasteiger partial charge in [0.05, 0.1) is 5.75 Å². The van der Waals surface area contributed by atoms with Crippen LogP contribution in [0.1, 0.15) is 24.8 Å². The summed E-state index contributed by atoms with van der Waals surface area (Å²) in [6.07, 6.45) is 6.44. The summed E-state index contributed by atoms with van der Waals surface area (Å²) in [5.41, 5.74) is 0.954. The predicted molar refractivity (Wildman–Crippen MR) is 84.6 cm³/mol. The molecule has 0 bridgehead atoms. The zero-order valence-corrected chi connectivity index (χ0v) is 12.9. The van der Waals surface area contributed by atoms with Crippen molar-refractivity contribution in [2.75, 3.05) is 24.6 Å². The van der Waals surface area contributed by atoms with E-state index in [4.69, 9.17) is 0 Å². The third kappa shape index (κ3) is 5.34. The van der Waals surface area contributed by atoms with Gasteiger partial charge in [0.15, 0.2) is 9.84 Å². The Labute approximate surface area is 126 Å². The molecule has 1 aliphatic rings. The molecule has 1 fully saturated rings. The number of likely N-dealkylation sites (tertiary alicyclic amines) is 1. The van der Waals surface area contributed by atoms with Crippen LogP contribution in [-0.2, 0) is 14.6 Å². The van der Waals surface area contributed by atoms with Crippen LogP contribution < -0.4 is 0 Å². The van der Waals surface area contributed by atoms with Crippen LogP contribution in [-0.4, -0.2) is 43.8 Å². The molecule has 4 nitrogen and oxygen atoms in total. The van der Waals surface area contributed by atoms with Crippen molar-refractivity contribution in [2.45, 2.75) is 19.3 Å². The van der Waals surface area contributed by atoms with Crippen molar-refractivity contribution in [3.05, 3.63) is 42.0 Å². The third-order valence-corrected chi connectivity index (χ3v) is 4.90. The zero-order chi connectivity index (χ0) is 15.1. The second-order valence-electron chi connectivity index (χ2n) is 5.31. The Morgan fingerprint density at radius 3 is 2.43 bits per heavy atom. The van der Waals surface area contributed by atoms with Gasteiger partial charge in [-0.2, -0.15) is 0 Å². The normalized spacial score (nSPS) is 16.3. The van der Waals surface area contributed by atoms with Crippen molar-refractivity contribution < 1.29 is 13.2 Å². The molecule has 1 aromatic rings. The molecule has 2 rings (SSSR count). The van der Waals surface area contributed by atoms with Crippen molar-refractivity contribution in [2.24, 2.45) is 0 Å². The summed E-state index contributed by atoms with van der Waals surface area (Å²) in [5.74, 6) is -0.740. The lowest BCUT2D eigenvalue weighted by atomic mass is 10.1. The zero-order valence-electron chi connectivity index (χ0n) is 12.1. The lowest BCUT2D eigenvalue weighted by Crippen LogP contribution is -2.39. The molecule has 0 saturated carbocycles. The molecule has 1 aliphatic heterocycles. The number of hydrogen-bond donors (Lipinski definition) is 0. The van der Waals surface area contributed by atoms with E-state index in [1.54, 1.807) is 17.1 Å². The van der Waals surface area contributed by atoms with E-state index in [1.165, 1.54) is 0 Å². The number of piperidine rings is 1. The average molecular weight is 307 g/mol. The highest BCUT2D eigenvalue weighted by Gasteiger charge is 2.22. The van der Waals surface area contributed by atoms with Gasteiger partial charge in [0.1, 0.15) is 5.75 Å². The maximum Gasteiger partial charge on any atom is 0.237 e. The van der Waals surface area contributed by atoms with Crippen molar-refractivity contribution in [1.82, 2.24) is 4.90 Å². The van der Waals surface area contributed by atoms with E-state index in [0.29, 0.717) is 13.1 Å². The molecule has 0 unspecified atom stereocenters. The number of carbonyl (C=O) groups is 1. The van der Waals surface area contributed by atoms with Crippen molar-refractivity contribution in [3.8, 4) is 0 Å². The number of carbonyl (C=O) groups excluding carboxylic acids is 1. The predicted octanol–water partition coefficient (Wildman–Crippen LogP) is 2.13. The maximum atomic E-state index is 12.0. The lowest BCUT2D eigenvalue weighted by Gasteiger charge is -2.26. The van der Waals surface area contributed by atoms with Crippen LogP contribution in [0.3, 0.4) is 0 Å². The number of rotatable bonds is 5. The molecule has 1 aromatic carbocycles. The van der Waals surface area contributed by atoms with Crippen LogP contribution in [0.4, 0.5) is 0 Å². The van der Waals surface area contributed by atoms with E-state index < -0.39 is 9.84 Å². The molecule has 0 aromatic heterocycles. The lowest BCUT2D eigenvalue weighted by molar-refractivity contribution is -0.129. The van der Waals surface area contributed by atoms with Crippen molar-refractivity contribution in [3.63, 3.8) is 0 Å². The highest BCUT2D eigenvalue weighted by molar-refractivity contribution is 7.92. The number of sulfone groups is 1. The van der Waals surface area contributed by atoms with E-state index >= 15 is 0 Å². The molecular weight excluding hydrogens is 286 g/mol. The Hall–Kier alpha value is -1.62. The van der Waals surface area contributed by atoms with E-state index in [9.17, 15) is 13.2 Å². The van der Waals surface area contributed by atoms with Gasteiger partial charge in [-0.25, -0.2) is 8.42 Å². The van der Waals surface area contributed by atoms with Gasteiger partial charge in [0, 0.05) is 13.1 Å². The minimum absolute atomic E-state index is 0.0958. The van der Waals surface area contributed by atoms with Gasteiger partial charge in [-0.05, 0) is 24.8 Å². The molecule has 1 saturated heterocycles. The van der Waals surface area contributed by atoms with E-state index in [2.05, 4.69) is 0 Å². The quantitative estimate of drug-likeness (QED) is 0.837. The summed E-state index contributed by atoms with van der Waals surface area (Å²) >= 11 is 0. The third-order valence-electron chi connectivity index (χ3n) is 3.51. The topological polar surface area (TPSA) is 54.5 Å². The van der Waals surface area contributed by atoms with Gasteiger partial charge in [-0.3, -0.25) is 4.79 Å². The van der Waals surface area contributed by atoms with Crippen LogP contribution in [0.5, 0.6) is 0 Å². The molecule has 114 valence electrons. The standard InChI is InChI=1S/C16H21NO3S/c18-16(17-11-5-2-6-12-17)14-21(19,20)13-7-10-15-8-3-1-4-9-15/h1,3-4,7-10H,2,5-6,11-14H2. The van der Waals surface area contributed by atoms with Crippen molar-refractivity contribution in [1.29, 1.82) is 0 Å². The summed E-state index contributed by atoms with van der Waals surface area (Å²) in [5, 5.41) is 0. The second kappa shape index (κ2) is 7.41. The van der Waals surface area contributed by atoms with Gasteiger partial charge < -0.3 is 4.90 Å². The fourth-order valence-corrected chi connectivity index (χ4v) is 3.44. The molecule has 0 radical (unpaired) electrons. The Morgan fingerprint density at radius 2 is 1.76 bits per heavy atom. The Bertz CT molecular complexity index is 587. The number of hydrogen-bond acceptors (Lipinski definition) is 3. The summed E-state index contributed by atoms with van der Waals surface area (Å²) in [6.45, 7) is 1.38. The molecule has 1 amide bonds. The molecule has 0 aliphatic carbocycles. The molecule has 1 heterocycles. The first-order valence-corrected chi connectivity index (χ1v) is 9.09. The van der Waals surface area contributed by atoms with Crippen LogP contribution in [0.25, 0.3) is 6.08 Å². The van der Waals surface area contributed by atoms with Crippen LogP contribution in [0.15, 0.2) is 36.4 Å². The largest absolute Gasteiger partial charge is 0.342 e. The SMILES string of the molecule is O=C(CS(=O)(=O)CC=Cc1ccccc1)N1CCCCC1. The van der Waals surface area contributed by atoms with Gasteiger partial charge in [0.2, 0.25) is 5.91 Å². The number of amides is 1.